The molecule has 0 amide bonds. The summed E-state index contributed by atoms with van der Waals surface area (Å²) >= 11 is 0. The Kier molecular flexibility index (Phi) is 9.99. The molecule has 0 bridgehead atoms. The second kappa shape index (κ2) is 13.4. The van der Waals surface area contributed by atoms with Crippen LogP contribution in [0.4, 0.5) is 34.1 Å². The number of anilines is 2. The number of hydrogen-bond donors (Lipinski definition) is 7. The topological polar surface area (TPSA) is 217 Å². The standard InChI is InChI=1S/C29H25N5O8S2.Zn/c1-17-13-25(26(35)16-24(17)32-31-20-7-10-22(11-8-20)43(37,38)39)33-34-28-27(44(40,41)42)15-18-14-21(9-12-23(18)29(28)36)30-19-5-3-2-4-6-19;/h2-16,30,35-39H,1H3,(H,40,41,42);. The van der Waals surface area contributed by atoms with Crippen LogP contribution in [0.25, 0.3) is 10.8 Å². The van der Waals surface area contributed by atoms with Crippen molar-refractivity contribution in [3.8, 4) is 11.5 Å². The summed E-state index contributed by atoms with van der Waals surface area (Å²) < 4.78 is 62.4. The summed E-state index contributed by atoms with van der Waals surface area (Å²) in [5.74, 6) is -0.927. The third kappa shape index (κ3) is 7.88. The number of para-hydroxylation sites is 1. The minimum absolute atomic E-state index is 0. The first-order chi connectivity index (χ1) is 20.8. The Hall–Kier alpha value is -4.28. The van der Waals surface area contributed by atoms with Crippen LogP contribution < -0.4 is 5.32 Å². The van der Waals surface area contributed by atoms with E-state index in [0.717, 1.165) is 5.69 Å². The molecule has 0 saturated heterocycles. The normalized spacial score (nSPS) is 12.5. The van der Waals surface area contributed by atoms with E-state index in [-0.39, 0.29) is 46.9 Å². The molecule has 228 valence electrons. The van der Waals surface area contributed by atoms with E-state index in [0.29, 0.717) is 22.3 Å². The van der Waals surface area contributed by atoms with Crippen LogP contribution in [0.3, 0.4) is 0 Å². The molecule has 16 heteroatoms. The number of phenolic OH excluding ortho intramolecular Hbond substituents is 2. The number of hydrogen-bond acceptors (Lipinski definition) is 12. The molecule has 0 aromatic heterocycles. The van der Waals surface area contributed by atoms with E-state index in [9.17, 15) is 36.8 Å². The summed E-state index contributed by atoms with van der Waals surface area (Å²) in [7, 11) is -8.71. The van der Waals surface area contributed by atoms with Crippen molar-refractivity contribution in [3.05, 3.63) is 96.6 Å². The van der Waals surface area contributed by atoms with E-state index < -0.39 is 37.3 Å². The van der Waals surface area contributed by atoms with E-state index in [1.807, 2.05) is 30.3 Å². The van der Waals surface area contributed by atoms with Crippen LogP contribution in [0.15, 0.2) is 121 Å². The van der Waals surface area contributed by atoms with Gasteiger partial charge in [-0.2, -0.15) is 18.6 Å². The molecule has 5 aromatic rings. The Morgan fingerprint density at radius 2 is 1.36 bits per heavy atom. The fourth-order valence-electron chi connectivity index (χ4n) is 4.18. The molecule has 0 aliphatic carbocycles. The third-order valence-electron chi connectivity index (χ3n) is 6.37. The summed E-state index contributed by atoms with van der Waals surface area (Å²) in [6, 6.07) is 23.3. The van der Waals surface area contributed by atoms with Gasteiger partial charge < -0.3 is 29.2 Å². The van der Waals surface area contributed by atoms with Crippen LogP contribution in [0.5, 0.6) is 11.5 Å². The average Bonchev–Trinajstić information content (AvgIpc) is 2.97. The maximum Gasteiger partial charge on any atom is 0.296 e. The van der Waals surface area contributed by atoms with Crippen LogP contribution in [-0.4, -0.2) is 36.8 Å². The Labute approximate surface area is 271 Å². The van der Waals surface area contributed by atoms with Gasteiger partial charge in [0.25, 0.3) is 10.1 Å². The smallest absolute Gasteiger partial charge is 0.296 e. The molecule has 0 fully saturated rings. The minimum Gasteiger partial charge on any atom is -0.506 e. The number of aryl methyl sites for hydroxylation is 1. The van der Waals surface area contributed by atoms with Crippen molar-refractivity contribution >= 4 is 65.9 Å². The van der Waals surface area contributed by atoms with Crippen molar-refractivity contribution in [1.29, 1.82) is 0 Å². The van der Waals surface area contributed by atoms with E-state index in [1.165, 1.54) is 42.5 Å². The van der Waals surface area contributed by atoms with Gasteiger partial charge >= 0.3 is 0 Å². The van der Waals surface area contributed by atoms with Crippen LogP contribution >= 0.6 is 10.9 Å². The number of azo groups is 2. The van der Waals surface area contributed by atoms with E-state index in [4.69, 9.17) is 0 Å². The molecular weight excluding hydrogens is 676 g/mol. The summed E-state index contributed by atoms with van der Waals surface area (Å²) in [5.41, 5.74) is 1.87. The number of fused-ring (bicyclic) bond motifs is 1. The summed E-state index contributed by atoms with van der Waals surface area (Å²) in [5, 5.41) is 41.2. The fraction of sp³-hybridized carbons (Fsp3) is 0.0345. The number of nitrogens with zero attached hydrogens (tertiary/aromatic N) is 4. The molecule has 5 aromatic carbocycles. The van der Waals surface area contributed by atoms with Gasteiger partial charge in [0.15, 0.2) is 5.75 Å². The van der Waals surface area contributed by atoms with Crippen LogP contribution in [-0.2, 0) is 29.6 Å². The molecule has 0 spiro atoms. The second-order valence-corrected chi connectivity index (χ2v) is 12.4. The van der Waals surface area contributed by atoms with Crippen molar-refractivity contribution < 1.29 is 56.3 Å². The molecule has 45 heavy (non-hydrogen) atoms. The molecule has 7 N–H and O–H groups in total. The first-order valence-electron chi connectivity index (χ1n) is 12.7. The van der Waals surface area contributed by atoms with Crippen molar-refractivity contribution in [2.75, 3.05) is 5.32 Å². The number of nitrogens with one attached hydrogen (secondary N) is 1. The van der Waals surface area contributed by atoms with Gasteiger partial charge in [-0.05, 0) is 84.6 Å². The third-order valence-corrected chi connectivity index (χ3v) is 8.14. The largest absolute Gasteiger partial charge is 0.506 e. The zero-order valence-corrected chi connectivity index (χ0v) is 28.1. The Morgan fingerprint density at radius 1 is 0.689 bits per heavy atom. The minimum atomic E-state index is -4.86. The molecule has 0 heterocycles. The van der Waals surface area contributed by atoms with Crippen molar-refractivity contribution in [3.63, 3.8) is 0 Å². The Bertz CT molecular complexity index is 2040. The number of phenols is 2. The van der Waals surface area contributed by atoms with Crippen molar-refractivity contribution in [1.82, 2.24) is 0 Å². The molecule has 0 aliphatic heterocycles. The molecule has 13 nitrogen and oxygen atoms in total. The van der Waals surface area contributed by atoms with Gasteiger partial charge in [-0.15, -0.1) is 10.2 Å². The quantitative estimate of drug-likeness (QED) is 0.0466. The summed E-state index contributed by atoms with van der Waals surface area (Å²) in [6.07, 6.45) is 0. The SMILES string of the molecule is Cc1cc(N=Nc2c(S(=O)(=O)O)cc3cc(Nc4ccccc4)ccc3c2O)c(O)cc1N=Nc1ccc(S(O)(O)O)cc1.[Zn]. The zero-order chi connectivity index (χ0) is 31.6. The van der Waals surface area contributed by atoms with Crippen molar-refractivity contribution in [2.45, 2.75) is 16.7 Å². The molecule has 0 saturated carbocycles. The van der Waals surface area contributed by atoms with Gasteiger partial charge in [0.2, 0.25) is 0 Å². The van der Waals surface area contributed by atoms with E-state index in [2.05, 4.69) is 25.8 Å². The van der Waals surface area contributed by atoms with Crippen LogP contribution in [0.1, 0.15) is 5.56 Å². The Balaban J connectivity index is 0.00000461. The first-order valence-corrected chi connectivity index (χ1v) is 15.6. The maximum atomic E-state index is 12.3. The van der Waals surface area contributed by atoms with Gasteiger partial charge in [-0.25, -0.2) is 0 Å². The predicted octanol–water partition coefficient (Wildman–Crippen LogP) is 8.96. The molecule has 0 aliphatic rings. The molecule has 5 rings (SSSR count). The zero-order valence-electron chi connectivity index (χ0n) is 23.5. The summed E-state index contributed by atoms with van der Waals surface area (Å²) in [4.78, 5) is -0.766. The van der Waals surface area contributed by atoms with Gasteiger partial charge in [-0.3, -0.25) is 4.55 Å². The summed E-state index contributed by atoms with van der Waals surface area (Å²) in [6.45, 7) is 1.65. The molecule has 0 unspecified atom stereocenters. The number of aromatic hydroxyl groups is 2. The van der Waals surface area contributed by atoms with Crippen LogP contribution in [0.2, 0.25) is 0 Å². The maximum absolute atomic E-state index is 12.3. The molecule has 0 radical (unpaired) electrons. The van der Waals surface area contributed by atoms with Crippen LogP contribution in [0, 0.1) is 6.92 Å². The molecule has 0 atom stereocenters. The number of rotatable bonds is 8. The van der Waals surface area contributed by atoms with Gasteiger partial charge in [0.05, 0.1) is 16.3 Å². The van der Waals surface area contributed by atoms with Crippen molar-refractivity contribution in [2.24, 2.45) is 20.5 Å². The monoisotopic (exact) mass is 699 g/mol. The molecular formula is C29H25N5O8S2Zn. The van der Waals surface area contributed by atoms with E-state index >= 15 is 0 Å². The first kappa shape index (κ1) is 33.6. The average molecular weight is 701 g/mol. The van der Waals surface area contributed by atoms with Gasteiger partial charge in [-0.1, -0.05) is 18.2 Å². The fourth-order valence-corrected chi connectivity index (χ4v) is 5.34. The predicted molar refractivity (Wildman–Crippen MR) is 167 cm³/mol. The van der Waals surface area contributed by atoms with Gasteiger partial charge in [0.1, 0.15) is 32.9 Å². The van der Waals surface area contributed by atoms with E-state index in [1.54, 1.807) is 25.1 Å². The second-order valence-electron chi connectivity index (χ2n) is 9.51. The Morgan fingerprint density at radius 3 is 2.00 bits per heavy atom. The number of benzene rings is 5. The van der Waals surface area contributed by atoms with Gasteiger partial charge in [0, 0.05) is 42.3 Å².